The fraction of sp³-hybridized carbons (Fsp3) is 0.571. The predicted molar refractivity (Wildman–Crippen MR) is 48.5 cm³/mol. The lowest BCUT2D eigenvalue weighted by atomic mass is 10.4. The van der Waals surface area contributed by atoms with Crippen LogP contribution in [0.3, 0.4) is 0 Å². The lowest BCUT2D eigenvalue weighted by Gasteiger charge is -2.02. The van der Waals surface area contributed by atoms with Crippen LogP contribution in [0.2, 0.25) is 0 Å². The number of halogens is 2. The Bertz CT molecular complexity index is 343. The monoisotopic (exact) mass is 235 g/mol. The summed E-state index contributed by atoms with van der Waals surface area (Å²) in [6, 6.07) is 0. The number of nitrogen functional groups attached to an aromatic ring is 1. The van der Waals surface area contributed by atoms with Crippen molar-refractivity contribution in [1.29, 1.82) is 0 Å². The average Bonchev–Trinajstić information content (AvgIpc) is 2.71. The number of amides is 1. The van der Waals surface area contributed by atoms with Crippen LogP contribution in [0.4, 0.5) is 8.78 Å². The number of carbonyl (C=O) groups excluding carboxylic acids is 1. The van der Waals surface area contributed by atoms with Crippen LogP contribution in [-0.4, -0.2) is 40.5 Å². The Hall–Kier alpha value is -1.61. The van der Waals surface area contributed by atoms with Gasteiger partial charge in [0.25, 0.3) is 12.3 Å². The summed E-state index contributed by atoms with van der Waals surface area (Å²) in [6.45, 7) is -0.320. The number of ether oxygens (including phenoxy) is 1. The van der Waals surface area contributed by atoms with Gasteiger partial charge in [0, 0.05) is 0 Å². The summed E-state index contributed by atoms with van der Waals surface area (Å²) in [4.78, 5) is 11.0. The zero-order valence-electron chi connectivity index (χ0n) is 8.27. The summed E-state index contributed by atoms with van der Waals surface area (Å²) in [5.74, 6) is 4.31. The van der Waals surface area contributed by atoms with E-state index >= 15 is 0 Å². The van der Waals surface area contributed by atoms with Gasteiger partial charge in [-0.3, -0.25) is 10.2 Å². The van der Waals surface area contributed by atoms with E-state index in [4.69, 9.17) is 5.84 Å². The van der Waals surface area contributed by atoms with Crippen molar-refractivity contribution in [3.63, 3.8) is 0 Å². The largest absolute Gasteiger partial charge is 0.374 e. The lowest BCUT2D eigenvalue weighted by molar-refractivity contribution is 0.0139. The normalized spacial score (nSPS) is 10.8. The third-order valence-corrected chi connectivity index (χ3v) is 1.61. The number of rotatable bonds is 6. The van der Waals surface area contributed by atoms with Crippen LogP contribution in [0.1, 0.15) is 10.5 Å². The molecule has 7 nitrogen and oxygen atoms in total. The minimum atomic E-state index is -2.49. The smallest absolute Gasteiger partial charge is 0.287 e. The molecule has 90 valence electrons. The van der Waals surface area contributed by atoms with Crippen LogP contribution in [0.5, 0.6) is 0 Å². The van der Waals surface area contributed by atoms with Gasteiger partial charge in [-0.15, -0.1) is 5.10 Å². The molecule has 1 aromatic heterocycles. The standard InChI is InChI=1S/C7H11F2N5O2/c8-6(9)4-16-2-1-14-3-5(12-13-14)7(15)11-10/h3,6H,1-2,4,10H2,(H,11,15). The van der Waals surface area contributed by atoms with Crippen molar-refractivity contribution in [2.24, 2.45) is 5.84 Å². The van der Waals surface area contributed by atoms with E-state index in [2.05, 4.69) is 15.0 Å². The fourth-order valence-corrected chi connectivity index (χ4v) is 0.916. The van der Waals surface area contributed by atoms with Crippen molar-refractivity contribution in [3.8, 4) is 0 Å². The molecule has 9 heteroatoms. The minimum absolute atomic E-state index is 0.0522. The van der Waals surface area contributed by atoms with E-state index in [-0.39, 0.29) is 18.8 Å². The molecule has 16 heavy (non-hydrogen) atoms. The van der Waals surface area contributed by atoms with Crippen LogP contribution in [0, 0.1) is 0 Å². The summed E-state index contributed by atoms with van der Waals surface area (Å²) < 4.78 is 29.3. The molecule has 0 saturated carbocycles. The number of alkyl halides is 2. The molecule has 0 radical (unpaired) electrons. The van der Waals surface area contributed by atoms with Crippen LogP contribution in [0.15, 0.2) is 6.20 Å². The highest BCUT2D eigenvalue weighted by Crippen LogP contribution is 1.95. The summed E-state index contributed by atoms with van der Waals surface area (Å²) >= 11 is 0. The summed E-state index contributed by atoms with van der Waals surface area (Å²) in [5, 5.41) is 7.10. The van der Waals surface area contributed by atoms with Gasteiger partial charge in [0.2, 0.25) is 0 Å². The molecule has 1 aromatic rings. The van der Waals surface area contributed by atoms with Crippen molar-refractivity contribution in [1.82, 2.24) is 20.4 Å². The molecule has 0 fully saturated rings. The summed E-state index contributed by atoms with van der Waals surface area (Å²) in [7, 11) is 0. The van der Waals surface area contributed by atoms with Gasteiger partial charge in [-0.25, -0.2) is 19.3 Å². The van der Waals surface area contributed by atoms with Gasteiger partial charge in [0.1, 0.15) is 6.61 Å². The molecule has 0 aliphatic carbocycles. The number of hydrogen-bond donors (Lipinski definition) is 2. The quantitative estimate of drug-likeness (QED) is 0.290. The molecule has 0 aliphatic rings. The fourth-order valence-electron chi connectivity index (χ4n) is 0.916. The van der Waals surface area contributed by atoms with Crippen LogP contribution in [0.25, 0.3) is 0 Å². The molecule has 1 amide bonds. The molecule has 0 aromatic carbocycles. The van der Waals surface area contributed by atoms with E-state index in [0.29, 0.717) is 0 Å². The maximum absolute atomic E-state index is 11.7. The number of nitrogens with one attached hydrogen (secondary N) is 1. The molecular weight excluding hydrogens is 224 g/mol. The SMILES string of the molecule is NNC(=O)c1cn(CCOCC(F)F)nn1. The minimum Gasteiger partial charge on any atom is -0.374 e. The topological polar surface area (TPSA) is 95.1 Å². The zero-order valence-corrected chi connectivity index (χ0v) is 8.27. The van der Waals surface area contributed by atoms with Gasteiger partial charge in [-0.1, -0.05) is 5.21 Å². The number of aromatic nitrogens is 3. The van der Waals surface area contributed by atoms with Gasteiger partial charge in [-0.2, -0.15) is 0 Å². The first kappa shape index (κ1) is 12.5. The lowest BCUT2D eigenvalue weighted by Crippen LogP contribution is -2.30. The molecule has 0 aliphatic heterocycles. The van der Waals surface area contributed by atoms with Gasteiger partial charge >= 0.3 is 0 Å². The average molecular weight is 235 g/mol. The summed E-state index contributed by atoms with van der Waals surface area (Å²) in [5.41, 5.74) is 1.94. The van der Waals surface area contributed by atoms with E-state index in [9.17, 15) is 13.6 Å². The molecule has 1 heterocycles. The molecule has 0 spiro atoms. The van der Waals surface area contributed by atoms with Crippen LogP contribution < -0.4 is 11.3 Å². The Kier molecular flexibility index (Phi) is 4.73. The van der Waals surface area contributed by atoms with Crippen LogP contribution in [-0.2, 0) is 11.3 Å². The number of nitrogens with two attached hydrogens (primary N) is 1. The molecular formula is C7H11F2N5O2. The van der Waals surface area contributed by atoms with Crippen molar-refractivity contribution < 1.29 is 18.3 Å². The van der Waals surface area contributed by atoms with E-state index in [1.807, 2.05) is 5.43 Å². The van der Waals surface area contributed by atoms with Gasteiger partial charge < -0.3 is 4.74 Å². The Morgan fingerprint density at radius 2 is 2.44 bits per heavy atom. The first-order valence-corrected chi connectivity index (χ1v) is 4.40. The summed E-state index contributed by atoms with van der Waals surface area (Å²) in [6.07, 6.45) is -1.15. The Balaban J connectivity index is 2.32. The van der Waals surface area contributed by atoms with E-state index < -0.39 is 18.9 Å². The molecule has 1 rings (SSSR count). The third-order valence-electron chi connectivity index (χ3n) is 1.61. The van der Waals surface area contributed by atoms with Gasteiger partial charge in [0.05, 0.1) is 19.3 Å². The molecule has 3 N–H and O–H groups in total. The maximum atomic E-state index is 11.7. The Labute approximate surface area is 89.5 Å². The van der Waals surface area contributed by atoms with Crippen molar-refractivity contribution in [2.75, 3.05) is 13.2 Å². The van der Waals surface area contributed by atoms with Gasteiger partial charge in [0.15, 0.2) is 5.69 Å². The maximum Gasteiger partial charge on any atom is 0.287 e. The highest BCUT2D eigenvalue weighted by atomic mass is 19.3. The zero-order chi connectivity index (χ0) is 12.0. The van der Waals surface area contributed by atoms with Crippen LogP contribution >= 0.6 is 0 Å². The highest BCUT2D eigenvalue weighted by molar-refractivity contribution is 5.91. The molecule has 0 unspecified atom stereocenters. The Morgan fingerprint density at radius 1 is 1.69 bits per heavy atom. The van der Waals surface area contributed by atoms with E-state index in [1.165, 1.54) is 10.9 Å². The number of hydrogen-bond acceptors (Lipinski definition) is 5. The highest BCUT2D eigenvalue weighted by Gasteiger charge is 2.08. The first-order valence-electron chi connectivity index (χ1n) is 4.40. The van der Waals surface area contributed by atoms with Crippen molar-refractivity contribution >= 4 is 5.91 Å². The van der Waals surface area contributed by atoms with E-state index in [0.717, 1.165) is 0 Å². The second-order valence-corrected chi connectivity index (χ2v) is 2.81. The van der Waals surface area contributed by atoms with Crippen molar-refractivity contribution in [2.45, 2.75) is 13.0 Å². The van der Waals surface area contributed by atoms with E-state index in [1.54, 1.807) is 0 Å². The number of carbonyl (C=O) groups is 1. The van der Waals surface area contributed by atoms with Crippen molar-refractivity contribution in [3.05, 3.63) is 11.9 Å². The molecule has 0 bridgehead atoms. The second-order valence-electron chi connectivity index (χ2n) is 2.81. The Morgan fingerprint density at radius 3 is 3.06 bits per heavy atom. The van der Waals surface area contributed by atoms with Gasteiger partial charge in [-0.05, 0) is 0 Å². The second kappa shape index (κ2) is 6.08. The number of nitrogens with zero attached hydrogens (tertiary/aromatic N) is 3. The first-order chi connectivity index (χ1) is 7.63. The predicted octanol–water partition coefficient (Wildman–Crippen LogP) is -0.837. The molecule has 0 atom stereocenters. The number of hydrazine groups is 1. The third kappa shape index (κ3) is 3.87. The molecule has 0 saturated heterocycles.